The zero-order chi connectivity index (χ0) is 23.9. The van der Waals surface area contributed by atoms with Crippen molar-refractivity contribution in [1.82, 2.24) is 4.90 Å². The molecule has 2 N–H and O–H groups in total. The Balaban J connectivity index is 1.25. The molecule has 9 heteroatoms. The number of β-amino-alcohol motifs (C(OH)–C–C–N with tert-alkyl or cyclic N) is 1. The summed E-state index contributed by atoms with van der Waals surface area (Å²) in [6.07, 6.45) is -0.531. The maximum atomic E-state index is 13.1. The van der Waals surface area contributed by atoms with Crippen LogP contribution >= 0.6 is 11.3 Å². The first-order valence-electron chi connectivity index (χ1n) is 11.0. The molecule has 4 rings (SSSR count). The standard InChI is InChI=1S/C25H27FN2O5S/c1-17-2-7-23(27-25(30)33-22-9-11-34-16-22)24(12-17)31-15-19(29)13-28-10-8-21(14-28)32-20-5-3-18(26)4-6-20/h2-7,9,11-12,16,19,21,29H,8,10,13-15H2,1H3,(H,27,30). The SMILES string of the molecule is Cc1ccc(NC(=O)Oc2ccsc2)c(OCC(O)CN2CCC(Oc3ccc(F)cc3)C2)c1. The number of benzene rings is 2. The highest BCUT2D eigenvalue weighted by Crippen LogP contribution is 2.27. The predicted octanol–water partition coefficient (Wildman–Crippen LogP) is 4.70. The van der Waals surface area contributed by atoms with E-state index in [9.17, 15) is 14.3 Å². The van der Waals surface area contributed by atoms with Crippen molar-refractivity contribution in [1.29, 1.82) is 0 Å². The third-order valence-electron chi connectivity index (χ3n) is 5.33. The van der Waals surface area contributed by atoms with E-state index in [0.29, 0.717) is 36.0 Å². The van der Waals surface area contributed by atoms with Crippen molar-refractivity contribution >= 4 is 23.1 Å². The van der Waals surface area contributed by atoms with Crippen LogP contribution < -0.4 is 19.5 Å². The van der Waals surface area contributed by atoms with Gasteiger partial charge in [-0.15, -0.1) is 11.3 Å². The number of ether oxygens (including phenoxy) is 3. The van der Waals surface area contributed by atoms with Gasteiger partial charge in [0, 0.05) is 25.0 Å². The number of hydrogen-bond acceptors (Lipinski definition) is 7. The predicted molar refractivity (Wildman–Crippen MR) is 129 cm³/mol. The highest BCUT2D eigenvalue weighted by atomic mass is 32.1. The van der Waals surface area contributed by atoms with E-state index < -0.39 is 12.2 Å². The van der Waals surface area contributed by atoms with Crippen LogP contribution in [0.3, 0.4) is 0 Å². The number of likely N-dealkylation sites (tertiary alicyclic amines) is 1. The summed E-state index contributed by atoms with van der Waals surface area (Å²) in [5.74, 6) is 1.27. The van der Waals surface area contributed by atoms with E-state index in [1.807, 2.05) is 18.4 Å². The van der Waals surface area contributed by atoms with E-state index in [-0.39, 0.29) is 18.5 Å². The largest absolute Gasteiger partial charge is 0.489 e. The molecule has 0 aliphatic carbocycles. The smallest absolute Gasteiger partial charge is 0.417 e. The average Bonchev–Trinajstić information content (AvgIpc) is 3.47. The molecule has 1 fully saturated rings. The molecule has 2 heterocycles. The van der Waals surface area contributed by atoms with Gasteiger partial charge in [-0.1, -0.05) is 6.07 Å². The summed E-state index contributed by atoms with van der Waals surface area (Å²) in [5, 5.41) is 16.8. The Labute approximate surface area is 201 Å². The molecule has 1 aliphatic heterocycles. The number of aliphatic hydroxyl groups is 1. The maximum absolute atomic E-state index is 13.1. The highest BCUT2D eigenvalue weighted by Gasteiger charge is 2.26. The zero-order valence-electron chi connectivity index (χ0n) is 18.8. The van der Waals surface area contributed by atoms with E-state index in [0.717, 1.165) is 18.5 Å². The van der Waals surface area contributed by atoms with Gasteiger partial charge in [0.15, 0.2) is 0 Å². The lowest BCUT2D eigenvalue weighted by molar-refractivity contribution is 0.0722. The summed E-state index contributed by atoms with van der Waals surface area (Å²) in [6.45, 7) is 3.87. The molecule has 1 aromatic heterocycles. The van der Waals surface area contributed by atoms with Crippen LogP contribution in [-0.4, -0.2) is 54.5 Å². The van der Waals surface area contributed by atoms with E-state index in [1.165, 1.54) is 23.5 Å². The molecular formula is C25H27FN2O5S. The Hall–Kier alpha value is -3.14. The van der Waals surface area contributed by atoms with Crippen molar-refractivity contribution in [2.75, 3.05) is 31.6 Å². The minimum absolute atomic E-state index is 0.0135. The number of hydrogen-bond donors (Lipinski definition) is 2. The van der Waals surface area contributed by atoms with Gasteiger partial charge in [-0.2, -0.15) is 0 Å². The van der Waals surface area contributed by atoms with Crippen LogP contribution in [0.1, 0.15) is 12.0 Å². The van der Waals surface area contributed by atoms with E-state index in [2.05, 4.69) is 10.2 Å². The van der Waals surface area contributed by atoms with Gasteiger partial charge < -0.3 is 19.3 Å². The molecule has 0 radical (unpaired) electrons. The number of anilines is 1. The Morgan fingerprint density at radius 2 is 2.06 bits per heavy atom. The van der Waals surface area contributed by atoms with E-state index in [4.69, 9.17) is 14.2 Å². The number of nitrogens with zero attached hydrogens (tertiary/aromatic N) is 1. The number of carbonyl (C=O) groups is 1. The van der Waals surface area contributed by atoms with Gasteiger partial charge in [0.05, 0.1) is 5.69 Å². The van der Waals surface area contributed by atoms with Gasteiger partial charge in [0.2, 0.25) is 0 Å². The number of rotatable bonds is 9. The first-order valence-corrected chi connectivity index (χ1v) is 12.0. The molecule has 1 aliphatic rings. The van der Waals surface area contributed by atoms with E-state index in [1.54, 1.807) is 35.7 Å². The molecule has 34 heavy (non-hydrogen) atoms. The molecule has 0 bridgehead atoms. The number of aliphatic hydroxyl groups excluding tert-OH is 1. The summed E-state index contributed by atoms with van der Waals surface area (Å²) in [7, 11) is 0. The molecule has 180 valence electrons. The Bertz CT molecular complexity index is 1080. The number of amides is 1. The van der Waals surface area contributed by atoms with Crippen LogP contribution in [-0.2, 0) is 0 Å². The van der Waals surface area contributed by atoms with Gasteiger partial charge in [0.25, 0.3) is 0 Å². The number of thiophene rings is 1. The van der Waals surface area contributed by atoms with Crippen LogP contribution in [0.25, 0.3) is 0 Å². The first kappa shape index (κ1) is 24.0. The normalized spacial score (nSPS) is 16.7. The van der Waals surface area contributed by atoms with Crippen molar-refractivity contribution in [3.63, 3.8) is 0 Å². The van der Waals surface area contributed by atoms with E-state index >= 15 is 0 Å². The number of nitrogens with one attached hydrogen (secondary N) is 1. The lowest BCUT2D eigenvalue weighted by atomic mass is 10.2. The lowest BCUT2D eigenvalue weighted by Crippen LogP contribution is -2.35. The fraction of sp³-hybridized carbons (Fsp3) is 0.320. The number of carbonyl (C=O) groups excluding carboxylic acids is 1. The van der Waals surface area contributed by atoms with Crippen molar-refractivity contribution in [3.05, 3.63) is 70.7 Å². The topological polar surface area (TPSA) is 80.3 Å². The average molecular weight is 487 g/mol. The van der Waals surface area contributed by atoms with Crippen molar-refractivity contribution in [2.24, 2.45) is 0 Å². The summed E-state index contributed by atoms with van der Waals surface area (Å²) in [4.78, 5) is 14.3. The molecule has 0 saturated carbocycles. The van der Waals surface area contributed by atoms with Crippen LogP contribution in [0.4, 0.5) is 14.9 Å². The summed E-state index contributed by atoms with van der Waals surface area (Å²) in [6, 6.07) is 13.1. The third-order valence-corrected chi connectivity index (χ3v) is 5.99. The molecule has 1 amide bonds. The molecular weight excluding hydrogens is 459 g/mol. The Morgan fingerprint density at radius 3 is 2.82 bits per heavy atom. The highest BCUT2D eigenvalue weighted by molar-refractivity contribution is 7.08. The first-order chi connectivity index (χ1) is 16.4. The van der Waals surface area contributed by atoms with Crippen molar-refractivity contribution < 1.29 is 28.5 Å². The van der Waals surface area contributed by atoms with Gasteiger partial charge >= 0.3 is 6.09 Å². The van der Waals surface area contributed by atoms with Gasteiger partial charge in [-0.05, 0) is 66.8 Å². The molecule has 2 aromatic carbocycles. The van der Waals surface area contributed by atoms with Crippen LogP contribution in [0.2, 0.25) is 0 Å². The van der Waals surface area contributed by atoms with Gasteiger partial charge in [-0.25, -0.2) is 9.18 Å². The van der Waals surface area contributed by atoms with Gasteiger partial charge in [-0.3, -0.25) is 10.2 Å². The minimum atomic E-state index is -0.726. The molecule has 0 spiro atoms. The second-order valence-corrected chi connectivity index (χ2v) is 8.96. The second kappa shape index (κ2) is 11.3. The maximum Gasteiger partial charge on any atom is 0.417 e. The van der Waals surface area contributed by atoms with Crippen LogP contribution in [0, 0.1) is 12.7 Å². The molecule has 1 saturated heterocycles. The summed E-state index contributed by atoms with van der Waals surface area (Å²) < 4.78 is 30.0. The van der Waals surface area contributed by atoms with Crippen LogP contribution in [0.15, 0.2) is 59.3 Å². The molecule has 2 atom stereocenters. The quantitative estimate of drug-likeness (QED) is 0.457. The molecule has 7 nitrogen and oxygen atoms in total. The fourth-order valence-electron chi connectivity index (χ4n) is 3.71. The Kier molecular flexibility index (Phi) is 7.99. The van der Waals surface area contributed by atoms with Crippen LogP contribution in [0.5, 0.6) is 17.2 Å². The summed E-state index contributed by atoms with van der Waals surface area (Å²) in [5.41, 5.74) is 1.42. The third kappa shape index (κ3) is 6.93. The lowest BCUT2D eigenvalue weighted by Gasteiger charge is -2.21. The fourth-order valence-corrected chi connectivity index (χ4v) is 4.26. The monoisotopic (exact) mass is 486 g/mol. The zero-order valence-corrected chi connectivity index (χ0v) is 19.6. The second-order valence-electron chi connectivity index (χ2n) is 8.18. The van der Waals surface area contributed by atoms with Crippen molar-refractivity contribution in [3.8, 4) is 17.2 Å². The molecule has 2 unspecified atom stereocenters. The van der Waals surface area contributed by atoms with Gasteiger partial charge in [0.1, 0.15) is 41.9 Å². The summed E-state index contributed by atoms with van der Waals surface area (Å²) >= 11 is 1.43. The number of aryl methyl sites for hydroxylation is 1. The molecule has 3 aromatic rings. The number of halogens is 1. The minimum Gasteiger partial charge on any atom is -0.489 e. The Morgan fingerprint density at radius 1 is 1.24 bits per heavy atom. The van der Waals surface area contributed by atoms with Crippen molar-refractivity contribution in [2.45, 2.75) is 25.6 Å².